The highest BCUT2D eigenvalue weighted by atomic mass is 16.6. The second-order valence-corrected chi connectivity index (χ2v) is 14.4. The number of hydrogen-bond acceptors (Lipinski definition) is 5. The average molecular weight is 566 g/mol. The van der Waals surface area contributed by atoms with Crippen LogP contribution in [-0.4, -0.2) is 69.9 Å². The van der Waals surface area contributed by atoms with Crippen molar-refractivity contribution in [3.05, 3.63) is 24.3 Å². The highest BCUT2D eigenvalue weighted by Gasteiger charge is 2.44. The summed E-state index contributed by atoms with van der Waals surface area (Å²) in [4.78, 5) is 29.1. The highest BCUT2D eigenvalue weighted by molar-refractivity contribution is 5.94. The number of nitrogens with zero attached hydrogens (tertiary/aromatic N) is 3. The van der Waals surface area contributed by atoms with E-state index in [0.717, 1.165) is 35.7 Å². The number of hydrazine groups is 1. The number of ether oxygens (including phenoxy) is 1. The predicted molar refractivity (Wildman–Crippen MR) is 163 cm³/mol. The molecule has 3 saturated heterocycles. The van der Waals surface area contributed by atoms with Gasteiger partial charge >= 0.3 is 12.1 Å². The minimum absolute atomic E-state index is 0.298. The standard InChI is InChI=1S/C33H51N5O3/c1-33(2,3)41-32(40)37-17-9-16-36(37)31(39)35-30-15-7-6-14-29(30)34-25-21-26-12-8-13-27(22-25)38(26)28-19-23-10-4-5-11-24(18-23)20-28/h6-7,14-15,23-28,34H,4-5,8-13,16-22H2,1-3H3,(H,35,39)/t23-,24+,25-,26+,27-,28-. The molecule has 5 aliphatic rings. The Bertz CT molecular complexity index is 1060. The van der Waals surface area contributed by atoms with Crippen LogP contribution in [0.5, 0.6) is 0 Å². The molecular weight excluding hydrogens is 514 g/mol. The van der Waals surface area contributed by atoms with Crippen LogP contribution in [0.1, 0.15) is 104 Å². The second kappa shape index (κ2) is 12.0. The van der Waals surface area contributed by atoms with Gasteiger partial charge in [-0.2, -0.15) is 0 Å². The van der Waals surface area contributed by atoms with E-state index in [1.54, 1.807) is 0 Å². The number of rotatable bonds is 4. The molecule has 3 aliphatic heterocycles. The van der Waals surface area contributed by atoms with Crippen LogP contribution in [0.15, 0.2) is 24.3 Å². The Morgan fingerprint density at radius 2 is 1.39 bits per heavy atom. The van der Waals surface area contributed by atoms with Gasteiger partial charge < -0.3 is 15.4 Å². The molecule has 8 nitrogen and oxygen atoms in total. The maximum absolute atomic E-state index is 13.4. The van der Waals surface area contributed by atoms with Gasteiger partial charge in [0.25, 0.3) is 0 Å². The summed E-state index contributed by atoms with van der Waals surface area (Å²) in [7, 11) is 0. The number of carbonyl (C=O) groups is 2. The number of fused-ring (bicyclic) bond motifs is 4. The van der Waals surface area contributed by atoms with E-state index < -0.39 is 11.7 Å². The summed E-state index contributed by atoms with van der Waals surface area (Å²) in [6, 6.07) is 10.2. The van der Waals surface area contributed by atoms with Crippen molar-refractivity contribution in [2.45, 2.75) is 134 Å². The summed E-state index contributed by atoms with van der Waals surface area (Å²) in [6.45, 7) is 6.49. The Morgan fingerprint density at radius 1 is 0.756 bits per heavy atom. The fourth-order valence-electron chi connectivity index (χ4n) is 8.69. The number of carbonyl (C=O) groups excluding carboxylic acids is 2. The number of nitrogens with one attached hydrogen (secondary N) is 2. The van der Waals surface area contributed by atoms with E-state index in [1.165, 1.54) is 87.1 Å². The van der Waals surface area contributed by atoms with Crippen LogP contribution in [0.4, 0.5) is 21.0 Å². The Balaban J connectivity index is 1.10. The maximum atomic E-state index is 13.4. The lowest BCUT2D eigenvalue weighted by molar-refractivity contribution is -0.0307. The molecule has 2 saturated carbocycles. The molecule has 2 aliphatic carbocycles. The third-order valence-electron chi connectivity index (χ3n) is 10.2. The van der Waals surface area contributed by atoms with Gasteiger partial charge in [0, 0.05) is 37.3 Å². The molecule has 0 unspecified atom stereocenters. The zero-order valence-electron chi connectivity index (χ0n) is 25.4. The van der Waals surface area contributed by atoms with Crippen molar-refractivity contribution in [2.24, 2.45) is 11.8 Å². The molecule has 5 fully saturated rings. The monoisotopic (exact) mass is 565 g/mol. The second-order valence-electron chi connectivity index (χ2n) is 14.4. The first-order valence-corrected chi connectivity index (χ1v) is 16.5. The SMILES string of the molecule is CC(C)(C)OC(=O)N1CCCN1C(=O)Nc1ccccc1N[C@H]1C[C@H]2CCC[C@@H](C1)N2[C@@H]1C[C@@H]2CCCC[C@@H](C2)C1. The molecular formula is C33H51N5O3. The number of piperidine rings is 2. The van der Waals surface area contributed by atoms with Crippen molar-refractivity contribution in [3.63, 3.8) is 0 Å². The molecule has 4 bridgehead atoms. The minimum Gasteiger partial charge on any atom is -0.442 e. The lowest BCUT2D eigenvalue weighted by atomic mass is 9.73. The van der Waals surface area contributed by atoms with Crippen molar-refractivity contribution < 1.29 is 14.3 Å². The van der Waals surface area contributed by atoms with Gasteiger partial charge in [-0.25, -0.2) is 19.6 Å². The predicted octanol–water partition coefficient (Wildman–Crippen LogP) is 7.23. The lowest BCUT2D eigenvalue weighted by Gasteiger charge is -2.54. The third kappa shape index (κ3) is 6.63. The van der Waals surface area contributed by atoms with Crippen molar-refractivity contribution in [2.75, 3.05) is 23.7 Å². The zero-order valence-corrected chi connectivity index (χ0v) is 25.4. The van der Waals surface area contributed by atoms with E-state index in [-0.39, 0.29) is 6.03 Å². The van der Waals surface area contributed by atoms with Crippen molar-refractivity contribution in [1.82, 2.24) is 14.9 Å². The zero-order chi connectivity index (χ0) is 28.6. The first kappa shape index (κ1) is 28.6. The first-order valence-electron chi connectivity index (χ1n) is 16.5. The van der Waals surface area contributed by atoms with Gasteiger partial charge in [-0.3, -0.25) is 4.90 Å². The molecule has 0 aromatic heterocycles. The van der Waals surface area contributed by atoms with Crippen LogP contribution in [0.2, 0.25) is 0 Å². The Hall–Kier alpha value is -2.48. The molecule has 6 rings (SSSR count). The van der Waals surface area contributed by atoms with E-state index in [0.29, 0.717) is 31.2 Å². The van der Waals surface area contributed by atoms with Crippen molar-refractivity contribution in [3.8, 4) is 0 Å². The summed E-state index contributed by atoms with van der Waals surface area (Å²) in [5.74, 6) is 1.91. The molecule has 1 aromatic rings. The van der Waals surface area contributed by atoms with Gasteiger partial charge in [0.15, 0.2) is 0 Å². The van der Waals surface area contributed by atoms with Crippen LogP contribution >= 0.6 is 0 Å². The maximum Gasteiger partial charge on any atom is 0.429 e. The van der Waals surface area contributed by atoms with E-state index in [4.69, 9.17) is 4.74 Å². The number of anilines is 2. The van der Waals surface area contributed by atoms with E-state index in [2.05, 4.69) is 21.6 Å². The molecule has 3 amide bonds. The number of benzene rings is 1. The molecule has 3 heterocycles. The molecule has 1 aromatic carbocycles. The molecule has 0 spiro atoms. The van der Waals surface area contributed by atoms with Crippen molar-refractivity contribution >= 4 is 23.5 Å². The number of para-hydroxylation sites is 2. The summed E-state index contributed by atoms with van der Waals surface area (Å²) < 4.78 is 5.54. The minimum atomic E-state index is -0.610. The quantitative estimate of drug-likeness (QED) is 0.403. The van der Waals surface area contributed by atoms with Gasteiger partial charge in [-0.1, -0.05) is 44.2 Å². The number of amides is 3. The Morgan fingerprint density at radius 3 is 2.05 bits per heavy atom. The fraction of sp³-hybridized carbons (Fsp3) is 0.758. The fourth-order valence-corrected chi connectivity index (χ4v) is 8.69. The normalized spacial score (nSPS) is 32.3. The molecule has 2 N–H and O–H groups in total. The van der Waals surface area contributed by atoms with Crippen molar-refractivity contribution in [1.29, 1.82) is 0 Å². The number of hydrogen-bond donors (Lipinski definition) is 2. The first-order chi connectivity index (χ1) is 19.7. The summed E-state index contributed by atoms with van der Waals surface area (Å²) in [6.07, 6.45) is 16.7. The van der Waals surface area contributed by atoms with Gasteiger partial charge in [0.2, 0.25) is 0 Å². The number of urea groups is 1. The molecule has 0 radical (unpaired) electrons. The average Bonchev–Trinajstić information content (AvgIpc) is 3.35. The van der Waals surface area contributed by atoms with E-state index in [9.17, 15) is 9.59 Å². The third-order valence-corrected chi connectivity index (χ3v) is 10.2. The van der Waals surface area contributed by atoms with Crippen LogP contribution in [0.3, 0.4) is 0 Å². The summed E-state index contributed by atoms with van der Waals surface area (Å²) in [5.41, 5.74) is 1.11. The van der Waals surface area contributed by atoms with Crippen LogP contribution in [-0.2, 0) is 4.74 Å². The summed E-state index contributed by atoms with van der Waals surface area (Å²) in [5, 5.41) is 9.85. The summed E-state index contributed by atoms with van der Waals surface area (Å²) >= 11 is 0. The van der Waals surface area contributed by atoms with Crippen LogP contribution in [0.25, 0.3) is 0 Å². The van der Waals surface area contributed by atoms with Crippen LogP contribution < -0.4 is 10.6 Å². The molecule has 6 atom stereocenters. The van der Waals surface area contributed by atoms with Gasteiger partial charge in [0.05, 0.1) is 11.4 Å². The van der Waals surface area contributed by atoms with Gasteiger partial charge in [0.1, 0.15) is 5.60 Å². The van der Waals surface area contributed by atoms with Gasteiger partial charge in [-0.05, 0) is 96.1 Å². The molecule has 41 heavy (non-hydrogen) atoms. The van der Waals surface area contributed by atoms with E-state index >= 15 is 0 Å². The Labute approximate surface area is 246 Å². The van der Waals surface area contributed by atoms with Crippen LogP contribution in [0, 0.1) is 11.8 Å². The molecule has 226 valence electrons. The van der Waals surface area contributed by atoms with E-state index in [1.807, 2.05) is 39.0 Å². The smallest absolute Gasteiger partial charge is 0.429 e. The Kier molecular flexibility index (Phi) is 8.39. The van der Waals surface area contributed by atoms with Gasteiger partial charge in [-0.15, -0.1) is 0 Å². The molecule has 8 heteroatoms. The lowest BCUT2D eigenvalue weighted by Crippen LogP contribution is -2.59. The largest absolute Gasteiger partial charge is 0.442 e. The highest BCUT2D eigenvalue weighted by Crippen LogP contribution is 2.45. The topological polar surface area (TPSA) is 77.1 Å².